The molecule has 0 bridgehead atoms. The molecular formula is C20H15ClN2O2S. The van der Waals surface area contributed by atoms with Crippen molar-refractivity contribution in [1.82, 2.24) is 4.98 Å². The van der Waals surface area contributed by atoms with Gasteiger partial charge < -0.3 is 4.42 Å². The average molecular weight is 383 g/mol. The van der Waals surface area contributed by atoms with Crippen LogP contribution in [0, 0.1) is 6.92 Å². The van der Waals surface area contributed by atoms with Crippen LogP contribution in [0.2, 0.25) is 5.02 Å². The molecule has 0 aliphatic rings. The predicted octanol–water partition coefficient (Wildman–Crippen LogP) is 5.70. The smallest absolute Gasteiger partial charge is 0.260 e. The van der Waals surface area contributed by atoms with Gasteiger partial charge in [0.1, 0.15) is 5.76 Å². The molecule has 6 heteroatoms. The lowest BCUT2D eigenvalue weighted by Gasteiger charge is -2.18. The monoisotopic (exact) mass is 382 g/mol. The predicted molar refractivity (Wildman–Crippen MR) is 105 cm³/mol. The third-order valence-electron chi connectivity index (χ3n) is 4.08. The topological polar surface area (TPSA) is 46.3 Å². The Hall–Kier alpha value is -2.63. The van der Waals surface area contributed by atoms with E-state index in [0.29, 0.717) is 28.0 Å². The molecule has 2 heterocycles. The summed E-state index contributed by atoms with van der Waals surface area (Å²) < 4.78 is 6.33. The molecule has 0 fully saturated rings. The lowest BCUT2D eigenvalue weighted by molar-refractivity contribution is 0.0983. The SMILES string of the molecule is Cc1ccc(Cl)c2sc(N(Cc3ccco3)C(=O)c3ccccc3)nc12. The first kappa shape index (κ1) is 16.8. The van der Waals surface area contributed by atoms with Crippen LogP contribution in [0.3, 0.4) is 0 Å². The van der Waals surface area contributed by atoms with E-state index in [-0.39, 0.29) is 5.91 Å². The second kappa shape index (κ2) is 6.94. The summed E-state index contributed by atoms with van der Waals surface area (Å²) in [7, 11) is 0. The maximum atomic E-state index is 13.1. The highest BCUT2D eigenvalue weighted by atomic mass is 35.5. The van der Waals surface area contributed by atoms with Crippen LogP contribution < -0.4 is 4.90 Å². The molecule has 4 aromatic rings. The van der Waals surface area contributed by atoms with Gasteiger partial charge in [0.15, 0.2) is 5.13 Å². The van der Waals surface area contributed by atoms with Crippen LogP contribution in [-0.4, -0.2) is 10.9 Å². The van der Waals surface area contributed by atoms with Gasteiger partial charge in [0, 0.05) is 5.56 Å². The van der Waals surface area contributed by atoms with E-state index in [1.165, 1.54) is 11.3 Å². The molecule has 0 unspecified atom stereocenters. The van der Waals surface area contributed by atoms with E-state index in [1.54, 1.807) is 29.4 Å². The van der Waals surface area contributed by atoms with Crippen molar-refractivity contribution in [2.75, 3.05) is 4.90 Å². The van der Waals surface area contributed by atoms with Crippen molar-refractivity contribution in [3.05, 3.63) is 82.8 Å². The van der Waals surface area contributed by atoms with Crippen molar-refractivity contribution in [3.63, 3.8) is 0 Å². The van der Waals surface area contributed by atoms with Crippen LogP contribution in [0.5, 0.6) is 0 Å². The number of nitrogens with zero attached hydrogens (tertiary/aromatic N) is 2. The van der Waals surface area contributed by atoms with Crippen LogP contribution >= 0.6 is 22.9 Å². The average Bonchev–Trinajstić information content (AvgIpc) is 3.33. The molecular weight excluding hydrogens is 368 g/mol. The van der Waals surface area contributed by atoms with Gasteiger partial charge >= 0.3 is 0 Å². The zero-order valence-corrected chi connectivity index (χ0v) is 15.6. The highest BCUT2D eigenvalue weighted by molar-refractivity contribution is 7.23. The number of rotatable bonds is 4. The zero-order chi connectivity index (χ0) is 18.1. The van der Waals surface area contributed by atoms with E-state index < -0.39 is 0 Å². The van der Waals surface area contributed by atoms with Gasteiger partial charge in [0.2, 0.25) is 0 Å². The maximum absolute atomic E-state index is 13.1. The molecule has 0 aliphatic carbocycles. The van der Waals surface area contributed by atoms with Crippen molar-refractivity contribution in [2.45, 2.75) is 13.5 Å². The number of halogens is 1. The minimum absolute atomic E-state index is 0.130. The Morgan fingerprint density at radius 1 is 1.15 bits per heavy atom. The minimum atomic E-state index is -0.130. The number of fused-ring (bicyclic) bond motifs is 1. The first-order valence-corrected chi connectivity index (χ1v) is 9.28. The summed E-state index contributed by atoms with van der Waals surface area (Å²) in [5, 5.41) is 1.24. The summed E-state index contributed by atoms with van der Waals surface area (Å²) in [4.78, 5) is 19.5. The third kappa shape index (κ3) is 3.11. The summed E-state index contributed by atoms with van der Waals surface area (Å²) in [6.45, 7) is 2.29. The molecule has 0 atom stereocenters. The number of hydrogen-bond acceptors (Lipinski definition) is 4. The number of carbonyl (C=O) groups is 1. The minimum Gasteiger partial charge on any atom is -0.467 e. The molecule has 0 spiro atoms. The molecule has 2 aromatic heterocycles. The Balaban J connectivity index is 1.81. The van der Waals surface area contributed by atoms with Gasteiger partial charge in [0.05, 0.1) is 28.0 Å². The number of hydrogen-bond donors (Lipinski definition) is 0. The van der Waals surface area contributed by atoms with Crippen LogP contribution in [0.4, 0.5) is 5.13 Å². The first-order chi connectivity index (χ1) is 12.6. The largest absolute Gasteiger partial charge is 0.467 e. The fourth-order valence-electron chi connectivity index (χ4n) is 2.73. The molecule has 26 heavy (non-hydrogen) atoms. The van der Waals surface area contributed by atoms with Crippen molar-refractivity contribution < 1.29 is 9.21 Å². The number of aryl methyl sites for hydroxylation is 1. The van der Waals surface area contributed by atoms with E-state index in [1.807, 2.05) is 43.3 Å². The Morgan fingerprint density at radius 3 is 2.65 bits per heavy atom. The molecule has 2 aromatic carbocycles. The van der Waals surface area contributed by atoms with E-state index >= 15 is 0 Å². The highest BCUT2D eigenvalue weighted by Crippen LogP contribution is 2.36. The second-order valence-electron chi connectivity index (χ2n) is 5.88. The molecule has 0 saturated heterocycles. The molecule has 4 nitrogen and oxygen atoms in total. The van der Waals surface area contributed by atoms with Gasteiger partial charge in [-0.25, -0.2) is 4.98 Å². The molecule has 130 valence electrons. The molecule has 0 aliphatic heterocycles. The lowest BCUT2D eigenvalue weighted by atomic mass is 10.2. The normalized spacial score (nSPS) is 11.0. The molecule has 0 radical (unpaired) electrons. The lowest BCUT2D eigenvalue weighted by Crippen LogP contribution is -2.30. The van der Waals surface area contributed by atoms with Gasteiger partial charge in [-0.05, 0) is 42.8 Å². The standard InChI is InChI=1S/C20H15ClN2O2S/c1-13-9-10-16(21)18-17(13)22-20(26-18)23(12-15-8-5-11-25-15)19(24)14-6-3-2-4-7-14/h2-11H,12H2,1H3. The number of amides is 1. The van der Waals surface area contributed by atoms with E-state index in [9.17, 15) is 4.79 Å². The van der Waals surface area contributed by atoms with Gasteiger partial charge in [0.25, 0.3) is 5.91 Å². The van der Waals surface area contributed by atoms with Crippen LogP contribution in [0.25, 0.3) is 10.2 Å². The number of thiazole rings is 1. The molecule has 0 saturated carbocycles. The molecule has 4 rings (SSSR count). The Morgan fingerprint density at radius 2 is 1.96 bits per heavy atom. The van der Waals surface area contributed by atoms with E-state index in [4.69, 9.17) is 21.0 Å². The summed E-state index contributed by atoms with van der Waals surface area (Å²) in [5.41, 5.74) is 2.45. The highest BCUT2D eigenvalue weighted by Gasteiger charge is 2.23. The maximum Gasteiger partial charge on any atom is 0.260 e. The number of benzene rings is 2. The Bertz CT molecular complexity index is 1020. The summed E-state index contributed by atoms with van der Waals surface area (Å²) >= 11 is 7.75. The number of anilines is 1. The Kier molecular flexibility index (Phi) is 4.49. The van der Waals surface area contributed by atoms with Gasteiger partial charge in [-0.15, -0.1) is 0 Å². The van der Waals surface area contributed by atoms with Crippen molar-refractivity contribution in [1.29, 1.82) is 0 Å². The fraction of sp³-hybridized carbons (Fsp3) is 0.100. The number of carbonyl (C=O) groups excluding carboxylic acids is 1. The second-order valence-corrected chi connectivity index (χ2v) is 7.26. The van der Waals surface area contributed by atoms with Crippen molar-refractivity contribution in [3.8, 4) is 0 Å². The van der Waals surface area contributed by atoms with Crippen LogP contribution in [-0.2, 0) is 6.54 Å². The quantitative estimate of drug-likeness (QED) is 0.455. The first-order valence-electron chi connectivity index (χ1n) is 8.08. The van der Waals surface area contributed by atoms with Crippen molar-refractivity contribution >= 4 is 44.2 Å². The van der Waals surface area contributed by atoms with Crippen molar-refractivity contribution in [2.24, 2.45) is 0 Å². The van der Waals surface area contributed by atoms with Gasteiger partial charge in [-0.3, -0.25) is 9.69 Å². The summed E-state index contributed by atoms with van der Waals surface area (Å²) in [5.74, 6) is 0.561. The van der Waals surface area contributed by atoms with Gasteiger partial charge in [-0.2, -0.15) is 0 Å². The van der Waals surface area contributed by atoms with E-state index in [0.717, 1.165) is 15.8 Å². The summed E-state index contributed by atoms with van der Waals surface area (Å²) in [6, 6.07) is 16.6. The number of furan rings is 1. The van der Waals surface area contributed by atoms with Gasteiger partial charge in [-0.1, -0.05) is 47.2 Å². The molecule has 0 N–H and O–H groups in total. The fourth-order valence-corrected chi connectivity index (χ4v) is 4.04. The third-order valence-corrected chi connectivity index (χ3v) is 5.62. The summed E-state index contributed by atoms with van der Waals surface area (Å²) in [6.07, 6.45) is 1.60. The van der Waals surface area contributed by atoms with Crippen LogP contribution in [0.15, 0.2) is 65.3 Å². The Labute approximate surface area is 159 Å². The molecule has 1 amide bonds. The zero-order valence-electron chi connectivity index (χ0n) is 14.0. The number of aromatic nitrogens is 1. The van der Waals surface area contributed by atoms with Crippen LogP contribution in [0.1, 0.15) is 21.7 Å². The van der Waals surface area contributed by atoms with E-state index in [2.05, 4.69) is 0 Å².